The van der Waals surface area contributed by atoms with Gasteiger partial charge < -0.3 is 23.9 Å². The number of methoxy groups -OCH3 is 3. The van der Waals surface area contributed by atoms with Gasteiger partial charge >= 0.3 is 5.97 Å². The predicted molar refractivity (Wildman–Crippen MR) is 91.2 cm³/mol. The lowest BCUT2D eigenvalue weighted by Gasteiger charge is -2.14. The SMILES string of the molecule is COc1ccc(/C=C2/OC(=O)c3c2cc(C)[nH]c3=O)c(OC)c1OC. The minimum Gasteiger partial charge on any atom is -0.493 e. The van der Waals surface area contributed by atoms with Crippen LogP contribution in [0.1, 0.15) is 27.2 Å². The molecule has 2 aromatic rings. The summed E-state index contributed by atoms with van der Waals surface area (Å²) in [4.78, 5) is 26.6. The zero-order valence-electron chi connectivity index (χ0n) is 14.3. The van der Waals surface area contributed by atoms with Crippen LogP contribution in [0.4, 0.5) is 0 Å². The molecular formula is C18H17NO6. The molecule has 0 saturated carbocycles. The summed E-state index contributed by atoms with van der Waals surface area (Å²) in [7, 11) is 4.54. The van der Waals surface area contributed by atoms with E-state index in [1.165, 1.54) is 21.3 Å². The summed E-state index contributed by atoms with van der Waals surface area (Å²) >= 11 is 0. The van der Waals surface area contributed by atoms with Gasteiger partial charge in [0.05, 0.1) is 21.3 Å². The van der Waals surface area contributed by atoms with Gasteiger partial charge in [0.1, 0.15) is 11.3 Å². The molecule has 7 heteroatoms. The van der Waals surface area contributed by atoms with E-state index in [0.717, 1.165) is 0 Å². The highest BCUT2D eigenvalue weighted by Crippen LogP contribution is 2.41. The molecule has 0 amide bonds. The maximum absolute atomic E-state index is 12.0. The van der Waals surface area contributed by atoms with E-state index in [-0.39, 0.29) is 11.3 Å². The van der Waals surface area contributed by atoms with Crippen molar-refractivity contribution in [3.05, 3.63) is 50.9 Å². The Bertz CT molecular complexity index is 941. The van der Waals surface area contributed by atoms with E-state index in [4.69, 9.17) is 18.9 Å². The number of benzene rings is 1. The molecule has 7 nitrogen and oxygen atoms in total. The molecule has 1 aliphatic heterocycles. The first-order chi connectivity index (χ1) is 12.0. The second kappa shape index (κ2) is 6.35. The topological polar surface area (TPSA) is 86.9 Å². The summed E-state index contributed by atoms with van der Waals surface area (Å²) in [5.74, 6) is 0.964. The third-order valence-corrected chi connectivity index (χ3v) is 3.86. The largest absolute Gasteiger partial charge is 0.493 e. The molecule has 0 radical (unpaired) electrons. The number of rotatable bonds is 4. The number of cyclic esters (lactones) is 1. The van der Waals surface area contributed by atoms with Crippen LogP contribution in [0.25, 0.3) is 11.8 Å². The van der Waals surface area contributed by atoms with E-state index in [0.29, 0.717) is 34.1 Å². The predicted octanol–water partition coefficient (Wildman–Crippen LogP) is 2.38. The van der Waals surface area contributed by atoms with Crippen molar-refractivity contribution in [3.8, 4) is 17.2 Å². The number of carbonyl (C=O) groups is 1. The van der Waals surface area contributed by atoms with Crippen molar-refractivity contribution >= 4 is 17.8 Å². The van der Waals surface area contributed by atoms with E-state index >= 15 is 0 Å². The molecule has 1 N–H and O–H groups in total. The van der Waals surface area contributed by atoms with Gasteiger partial charge in [-0.3, -0.25) is 4.79 Å². The second-order valence-electron chi connectivity index (χ2n) is 5.39. The van der Waals surface area contributed by atoms with Gasteiger partial charge in [0.15, 0.2) is 11.5 Å². The van der Waals surface area contributed by atoms with Crippen LogP contribution in [0.3, 0.4) is 0 Å². The molecule has 0 aliphatic carbocycles. The molecule has 0 bridgehead atoms. The molecule has 25 heavy (non-hydrogen) atoms. The summed E-state index contributed by atoms with van der Waals surface area (Å²) in [6.45, 7) is 1.74. The van der Waals surface area contributed by atoms with Crippen molar-refractivity contribution in [2.24, 2.45) is 0 Å². The smallest absolute Gasteiger partial charge is 0.349 e. The number of carbonyl (C=O) groups excluding carboxylic acids is 1. The van der Waals surface area contributed by atoms with E-state index in [9.17, 15) is 9.59 Å². The number of aromatic amines is 1. The van der Waals surface area contributed by atoms with Gasteiger partial charge in [0.2, 0.25) is 5.75 Å². The van der Waals surface area contributed by atoms with Crippen LogP contribution >= 0.6 is 0 Å². The lowest BCUT2D eigenvalue weighted by atomic mass is 10.1. The van der Waals surface area contributed by atoms with Gasteiger partial charge in [-0.05, 0) is 31.2 Å². The zero-order chi connectivity index (χ0) is 18.1. The number of nitrogens with one attached hydrogen (secondary N) is 1. The molecule has 0 fully saturated rings. The van der Waals surface area contributed by atoms with Gasteiger partial charge in [-0.15, -0.1) is 0 Å². The van der Waals surface area contributed by atoms with Crippen LogP contribution in [0.5, 0.6) is 17.2 Å². The van der Waals surface area contributed by atoms with Crippen LogP contribution in [0.15, 0.2) is 23.0 Å². The normalized spacial score (nSPS) is 14.2. The first-order valence-corrected chi connectivity index (χ1v) is 7.47. The summed E-state index contributed by atoms with van der Waals surface area (Å²) in [6, 6.07) is 5.16. The Hall–Kier alpha value is -3.22. The van der Waals surface area contributed by atoms with Gasteiger partial charge in [-0.25, -0.2) is 4.79 Å². The number of aryl methyl sites for hydroxylation is 1. The highest BCUT2D eigenvalue weighted by molar-refractivity contribution is 6.05. The third-order valence-electron chi connectivity index (χ3n) is 3.86. The minimum absolute atomic E-state index is 0.00343. The van der Waals surface area contributed by atoms with Crippen molar-refractivity contribution in [2.45, 2.75) is 6.92 Å². The van der Waals surface area contributed by atoms with Crippen LogP contribution in [-0.4, -0.2) is 32.3 Å². The van der Waals surface area contributed by atoms with E-state index < -0.39 is 11.5 Å². The molecule has 1 aliphatic rings. The Morgan fingerprint density at radius 2 is 1.76 bits per heavy atom. The maximum Gasteiger partial charge on any atom is 0.349 e. The first-order valence-electron chi connectivity index (χ1n) is 7.47. The second-order valence-corrected chi connectivity index (χ2v) is 5.39. The molecule has 0 spiro atoms. The number of ether oxygens (including phenoxy) is 4. The molecular weight excluding hydrogens is 326 g/mol. The van der Waals surface area contributed by atoms with Crippen LogP contribution in [-0.2, 0) is 4.74 Å². The number of H-pyrrole nitrogens is 1. The fraction of sp³-hybridized carbons (Fsp3) is 0.222. The third kappa shape index (κ3) is 2.73. The average Bonchev–Trinajstić information content (AvgIpc) is 2.89. The van der Waals surface area contributed by atoms with Crippen molar-refractivity contribution < 1.29 is 23.7 Å². The van der Waals surface area contributed by atoms with Gasteiger partial charge in [0, 0.05) is 16.8 Å². The number of pyridine rings is 1. The standard InChI is InChI=1S/C18H17NO6/c1-9-7-11-13(25-18(21)14(11)17(20)19-9)8-10-5-6-12(22-2)16(24-4)15(10)23-3/h5-8H,1-4H3,(H,19,20)/b13-8+. The average molecular weight is 343 g/mol. The highest BCUT2D eigenvalue weighted by atomic mass is 16.5. The van der Waals surface area contributed by atoms with E-state index in [1.54, 1.807) is 31.2 Å². The maximum atomic E-state index is 12.0. The van der Waals surface area contributed by atoms with Crippen molar-refractivity contribution in [1.29, 1.82) is 0 Å². The van der Waals surface area contributed by atoms with Crippen LogP contribution in [0.2, 0.25) is 0 Å². The Morgan fingerprint density at radius 1 is 1.04 bits per heavy atom. The van der Waals surface area contributed by atoms with E-state index in [1.807, 2.05) is 0 Å². The molecule has 3 rings (SSSR count). The highest BCUT2D eigenvalue weighted by Gasteiger charge is 2.30. The minimum atomic E-state index is -0.679. The fourth-order valence-corrected chi connectivity index (χ4v) is 2.78. The Labute approximate surface area is 143 Å². The van der Waals surface area contributed by atoms with Gasteiger partial charge in [-0.2, -0.15) is 0 Å². The molecule has 1 aromatic carbocycles. The summed E-state index contributed by atoms with van der Waals surface area (Å²) in [5, 5.41) is 0. The molecule has 2 heterocycles. The van der Waals surface area contributed by atoms with Crippen molar-refractivity contribution in [1.82, 2.24) is 4.98 Å². The van der Waals surface area contributed by atoms with Gasteiger partial charge in [0.25, 0.3) is 5.56 Å². The number of hydrogen-bond acceptors (Lipinski definition) is 6. The van der Waals surface area contributed by atoms with Crippen LogP contribution < -0.4 is 19.8 Å². The Morgan fingerprint density at radius 3 is 2.40 bits per heavy atom. The number of fused-ring (bicyclic) bond motifs is 1. The fourth-order valence-electron chi connectivity index (χ4n) is 2.78. The molecule has 0 atom stereocenters. The van der Waals surface area contributed by atoms with Crippen molar-refractivity contribution in [3.63, 3.8) is 0 Å². The summed E-state index contributed by atoms with van der Waals surface area (Å²) in [6.07, 6.45) is 1.63. The van der Waals surface area contributed by atoms with Crippen LogP contribution in [0, 0.1) is 6.92 Å². The first kappa shape index (κ1) is 16.6. The monoisotopic (exact) mass is 343 g/mol. The molecule has 1 aromatic heterocycles. The summed E-state index contributed by atoms with van der Waals surface area (Å²) < 4.78 is 21.3. The van der Waals surface area contributed by atoms with Gasteiger partial charge in [-0.1, -0.05) is 0 Å². The quantitative estimate of drug-likeness (QED) is 0.858. The lowest BCUT2D eigenvalue weighted by molar-refractivity contribution is 0.0715. The number of hydrogen-bond donors (Lipinski definition) is 1. The van der Waals surface area contributed by atoms with Crippen molar-refractivity contribution in [2.75, 3.05) is 21.3 Å². The zero-order valence-corrected chi connectivity index (χ0v) is 14.3. The Kier molecular flexibility index (Phi) is 4.22. The molecule has 0 saturated heterocycles. The summed E-state index contributed by atoms with van der Waals surface area (Å²) in [5.41, 5.74) is 1.23. The molecule has 130 valence electrons. The van der Waals surface area contributed by atoms with E-state index in [2.05, 4.69) is 4.98 Å². The number of esters is 1. The number of aromatic nitrogens is 1. The molecule has 0 unspecified atom stereocenters. The Balaban J connectivity index is 2.19. The lowest BCUT2D eigenvalue weighted by Crippen LogP contribution is -2.16.